The fraction of sp³-hybridized carbons (Fsp3) is 0.240. The molecule has 0 unspecified atom stereocenters. The Balaban J connectivity index is 1.28. The summed E-state index contributed by atoms with van der Waals surface area (Å²) in [6.07, 6.45) is 3.72. The average Bonchev–Trinajstić information content (AvgIpc) is 3.31. The first-order valence-corrected chi connectivity index (χ1v) is 11.3. The van der Waals surface area contributed by atoms with Gasteiger partial charge in [0.1, 0.15) is 5.76 Å². The molecular formula is C25H23N5O5. The number of nitrogens with one attached hydrogen (secondary N) is 1. The van der Waals surface area contributed by atoms with Crippen LogP contribution in [-0.2, 0) is 19.6 Å². The van der Waals surface area contributed by atoms with Crippen molar-refractivity contribution in [1.82, 2.24) is 20.4 Å². The number of carbonyl (C=O) groups excluding carboxylic acids is 1. The van der Waals surface area contributed by atoms with Crippen LogP contribution in [0.3, 0.4) is 0 Å². The van der Waals surface area contributed by atoms with Crippen LogP contribution < -0.4 is 5.32 Å². The number of nitrogens with zero attached hydrogens (tertiary/aromatic N) is 4. The van der Waals surface area contributed by atoms with Crippen LogP contribution in [0.4, 0.5) is 5.69 Å². The maximum atomic E-state index is 12.3. The average molecular weight is 473 g/mol. The normalized spacial score (nSPS) is 13.2. The first-order valence-electron chi connectivity index (χ1n) is 11.3. The lowest BCUT2D eigenvalue weighted by Gasteiger charge is -2.19. The van der Waals surface area contributed by atoms with Crippen molar-refractivity contribution in [2.24, 2.45) is 0 Å². The molecule has 0 bridgehead atoms. The minimum absolute atomic E-state index is 0.00173. The maximum absolute atomic E-state index is 12.3. The number of rotatable bonds is 10. The molecular weight excluding hydrogens is 450 g/mol. The lowest BCUT2D eigenvalue weighted by molar-refractivity contribution is -0.384. The SMILES string of the molecule is O=C(NC1CC1)c1ccc(CN(Cc2ccco2)Cc2nc(-c3ccc([N+](=O)[O-])cc3)no2)cc1. The van der Waals surface area contributed by atoms with E-state index in [-0.39, 0.29) is 11.6 Å². The van der Waals surface area contributed by atoms with Crippen LogP contribution in [0, 0.1) is 10.1 Å². The third-order valence-electron chi connectivity index (χ3n) is 5.66. The van der Waals surface area contributed by atoms with E-state index in [1.807, 2.05) is 36.4 Å². The first-order chi connectivity index (χ1) is 17.0. The molecule has 5 rings (SSSR count). The molecule has 178 valence electrons. The Morgan fingerprint density at radius 2 is 1.83 bits per heavy atom. The molecule has 0 saturated heterocycles. The Bertz CT molecular complexity index is 1300. The minimum Gasteiger partial charge on any atom is -0.468 e. The third kappa shape index (κ3) is 5.79. The molecule has 2 aromatic heterocycles. The number of amides is 1. The Kier molecular flexibility index (Phi) is 6.36. The molecule has 0 radical (unpaired) electrons. The number of non-ortho nitro benzene ring substituents is 1. The predicted octanol–water partition coefficient (Wildman–Crippen LogP) is 4.33. The van der Waals surface area contributed by atoms with Gasteiger partial charge in [0.05, 0.1) is 24.3 Å². The maximum Gasteiger partial charge on any atom is 0.269 e. The molecule has 1 amide bonds. The molecule has 35 heavy (non-hydrogen) atoms. The minimum atomic E-state index is -0.454. The fourth-order valence-corrected chi connectivity index (χ4v) is 3.67. The predicted molar refractivity (Wildman–Crippen MR) is 125 cm³/mol. The third-order valence-corrected chi connectivity index (χ3v) is 5.66. The Morgan fingerprint density at radius 1 is 1.06 bits per heavy atom. The number of carbonyl (C=O) groups is 1. The van der Waals surface area contributed by atoms with Gasteiger partial charge in [0.25, 0.3) is 11.6 Å². The van der Waals surface area contributed by atoms with Crippen LogP contribution in [0.5, 0.6) is 0 Å². The summed E-state index contributed by atoms with van der Waals surface area (Å²) in [6.45, 7) is 1.46. The number of hydrogen-bond donors (Lipinski definition) is 1. The van der Waals surface area contributed by atoms with E-state index in [2.05, 4.69) is 20.4 Å². The number of nitro groups is 1. The first kappa shape index (κ1) is 22.5. The molecule has 1 aliphatic carbocycles. The van der Waals surface area contributed by atoms with Crippen molar-refractivity contribution in [2.75, 3.05) is 0 Å². The van der Waals surface area contributed by atoms with E-state index in [0.717, 1.165) is 24.2 Å². The molecule has 1 saturated carbocycles. The van der Waals surface area contributed by atoms with Gasteiger partial charge in [-0.15, -0.1) is 0 Å². The quantitative estimate of drug-likeness (QED) is 0.266. The molecule has 2 aromatic carbocycles. The lowest BCUT2D eigenvalue weighted by atomic mass is 10.1. The molecule has 0 aliphatic heterocycles. The van der Waals surface area contributed by atoms with Gasteiger partial charge in [0.15, 0.2) is 0 Å². The van der Waals surface area contributed by atoms with Gasteiger partial charge in [-0.2, -0.15) is 4.98 Å². The van der Waals surface area contributed by atoms with Crippen LogP contribution in [0.15, 0.2) is 75.9 Å². The zero-order chi connectivity index (χ0) is 24.2. The zero-order valence-corrected chi connectivity index (χ0v) is 18.8. The van der Waals surface area contributed by atoms with Crippen molar-refractivity contribution in [1.29, 1.82) is 0 Å². The van der Waals surface area contributed by atoms with Crippen molar-refractivity contribution < 1.29 is 18.7 Å². The highest BCUT2D eigenvalue weighted by Gasteiger charge is 2.23. The molecule has 4 aromatic rings. The standard InChI is InChI=1S/C25H23N5O5/c31-25(26-20-9-10-20)19-5-3-17(4-6-19)14-29(15-22-2-1-13-34-22)16-23-27-24(28-35-23)18-7-11-21(12-8-18)30(32)33/h1-8,11-13,20H,9-10,14-16H2,(H,26,31). The summed E-state index contributed by atoms with van der Waals surface area (Å²) in [7, 11) is 0. The molecule has 1 fully saturated rings. The highest BCUT2D eigenvalue weighted by atomic mass is 16.6. The Hall–Kier alpha value is -4.31. The van der Waals surface area contributed by atoms with Gasteiger partial charge in [-0.1, -0.05) is 17.3 Å². The topological polar surface area (TPSA) is 128 Å². The monoisotopic (exact) mass is 473 g/mol. The van der Waals surface area contributed by atoms with Gasteiger partial charge < -0.3 is 14.3 Å². The van der Waals surface area contributed by atoms with Gasteiger partial charge in [0, 0.05) is 35.8 Å². The van der Waals surface area contributed by atoms with E-state index >= 15 is 0 Å². The van der Waals surface area contributed by atoms with Gasteiger partial charge in [0.2, 0.25) is 11.7 Å². The van der Waals surface area contributed by atoms with Crippen LogP contribution in [0.25, 0.3) is 11.4 Å². The molecule has 10 heteroatoms. The molecule has 10 nitrogen and oxygen atoms in total. The van der Waals surface area contributed by atoms with Crippen molar-refractivity contribution in [3.05, 3.63) is 99.8 Å². The van der Waals surface area contributed by atoms with Crippen LogP contribution in [0.2, 0.25) is 0 Å². The smallest absolute Gasteiger partial charge is 0.269 e. The van der Waals surface area contributed by atoms with Crippen LogP contribution in [0.1, 0.15) is 40.4 Å². The fourth-order valence-electron chi connectivity index (χ4n) is 3.67. The lowest BCUT2D eigenvalue weighted by Crippen LogP contribution is -2.25. The van der Waals surface area contributed by atoms with Crippen molar-refractivity contribution in [2.45, 2.75) is 38.5 Å². The molecule has 1 N–H and O–H groups in total. The number of nitro benzene ring substituents is 1. The zero-order valence-electron chi connectivity index (χ0n) is 18.8. The number of hydrogen-bond acceptors (Lipinski definition) is 8. The van der Waals surface area contributed by atoms with Gasteiger partial charge in [-0.05, 0) is 54.8 Å². The highest BCUT2D eigenvalue weighted by molar-refractivity contribution is 5.94. The second-order valence-electron chi connectivity index (χ2n) is 8.48. The Labute approximate surface area is 200 Å². The van der Waals surface area contributed by atoms with E-state index in [0.29, 0.717) is 48.5 Å². The van der Waals surface area contributed by atoms with E-state index < -0.39 is 4.92 Å². The second-order valence-corrected chi connectivity index (χ2v) is 8.48. The highest BCUT2D eigenvalue weighted by Crippen LogP contribution is 2.22. The van der Waals surface area contributed by atoms with Crippen LogP contribution in [-0.4, -0.2) is 31.9 Å². The molecule has 0 atom stereocenters. The van der Waals surface area contributed by atoms with Crippen LogP contribution >= 0.6 is 0 Å². The number of aromatic nitrogens is 2. The summed E-state index contributed by atoms with van der Waals surface area (Å²) in [5.41, 5.74) is 2.29. The summed E-state index contributed by atoms with van der Waals surface area (Å²) in [4.78, 5) is 29.2. The van der Waals surface area contributed by atoms with Gasteiger partial charge in [-0.3, -0.25) is 19.8 Å². The van der Waals surface area contributed by atoms with E-state index in [1.54, 1.807) is 18.4 Å². The number of benzene rings is 2. The summed E-state index contributed by atoms with van der Waals surface area (Å²) in [5, 5.41) is 17.9. The van der Waals surface area contributed by atoms with E-state index in [4.69, 9.17) is 8.94 Å². The van der Waals surface area contributed by atoms with Gasteiger partial charge >= 0.3 is 0 Å². The largest absolute Gasteiger partial charge is 0.468 e. The van der Waals surface area contributed by atoms with E-state index in [1.165, 1.54) is 12.1 Å². The van der Waals surface area contributed by atoms with Crippen molar-refractivity contribution in [3.63, 3.8) is 0 Å². The Morgan fingerprint density at radius 3 is 2.49 bits per heavy atom. The molecule has 2 heterocycles. The summed E-state index contributed by atoms with van der Waals surface area (Å²) in [5.74, 6) is 1.51. The van der Waals surface area contributed by atoms with Crippen molar-refractivity contribution >= 4 is 11.6 Å². The van der Waals surface area contributed by atoms with Gasteiger partial charge in [-0.25, -0.2) is 0 Å². The van der Waals surface area contributed by atoms with E-state index in [9.17, 15) is 14.9 Å². The number of furan rings is 1. The summed E-state index contributed by atoms with van der Waals surface area (Å²) in [6, 6.07) is 17.6. The molecule has 1 aliphatic rings. The summed E-state index contributed by atoms with van der Waals surface area (Å²) >= 11 is 0. The molecule has 0 spiro atoms. The second kappa shape index (κ2) is 9.90. The van der Waals surface area contributed by atoms with Crippen molar-refractivity contribution in [3.8, 4) is 11.4 Å². The summed E-state index contributed by atoms with van der Waals surface area (Å²) < 4.78 is 11.0.